The number of piperidine rings is 1. The molecule has 0 atom stereocenters. The standard InChI is InChI=1S/C27H28F2N4O.K/c1-18-11-13-32(14-12-18)22-8-9-23(30-16-22)21-7-10-26-31-19(2)24(33(26)17-21)15-20-5-3-4-6-25(20)34-27(28)29;/h3-10,16-18,27H,11-15H2,1-2H3;. The molecule has 35 heavy (non-hydrogen) atoms. The molecule has 0 saturated carbocycles. The van der Waals surface area contributed by atoms with Gasteiger partial charge in [-0.05, 0) is 56.0 Å². The van der Waals surface area contributed by atoms with Crippen LogP contribution in [-0.4, -0.2) is 85.5 Å². The Kier molecular flexibility index (Phi) is 8.60. The van der Waals surface area contributed by atoms with E-state index in [1.807, 2.05) is 48.0 Å². The van der Waals surface area contributed by atoms with Crippen LogP contribution in [0.1, 0.15) is 36.7 Å². The van der Waals surface area contributed by atoms with Gasteiger partial charge in [0.25, 0.3) is 0 Å². The van der Waals surface area contributed by atoms with E-state index in [2.05, 4.69) is 28.9 Å². The first-order chi connectivity index (χ1) is 16.5. The van der Waals surface area contributed by atoms with Crippen molar-refractivity contribution in [1.29, 1.82) is 0 Å². The number of nitrogens with zero attached hydrogens (tertiary/aromatic N) is 4. The Bertz CT molecular complexity index is 1280. The molecule has 3 aromatic heterocycles. The van der Waals surface area contributed by atoms with Gasteiger partial charge >= 0.3 is 6.61 Å². The molecule has 1 saturated heterocycles. The van der Waals surface area contributed by atoms with Gasteiger partial charge in [0.15, 0.2) is 0 Å². The maximum atomic E-state index is 12.9. The van der Waals surface area contributed by atoms with Gasteiger partial charge in [0, 0.05) is 93.9 Å². The Labute approximate surface area is 247 Å². The van der Waals surface area contributed by atoms with Crippen LogP contribution in [0.4, 0.5) is 14.5 Å². The van der Waals surface area contributed by atoms with Crippen molar-refractivity contribution in [2.75, 3.05) is 18.0 Å². The molecule has 0 unspecified atom stereocenters. The van der Waals surface area contributed by atoms with Crippen molar-refractivity contribution in [3.63, 3.8) is 0 Å². The number of ether oxygens (including phenoxy) is 1. The van der Waals surface area contributed by atoms with Gasteiger partial charge in [-0.25, -0.2) is 4.98 Å². The first-order valence-electron chi connectivity index (χ1n) is 11.7. The molecule has 1 aliphatic rings. The van der Waals surface area contributed by atoms with Crippen molar-refractivity contribution in [1.82, 2.24) is 14.4 Å². The minimum absolute atomic E-state index is 0. The summed E-state index contributed by atoms with van der Waals surface area (Å²) in [5, 5.41) is 0. The normalized spacial score (nSPS) is 14.4. The second-order valence-corrected chi connectivity index (χ2v) is 9.02. The minimum Gasteiger partial charge on any atom is -0.435 e. The number of benzene rings is 1. The number of aromatic nitrogens is 3. The number of aryl methyl sites for hydroxylation is 1. The summed E-state index contributed by atoms with van der Waals surface area (Å²) in [5.74, 6) is 0.976. The van der Waals surface area contributed by atoms with E-state index in [0.717, 1.165) is 53.0 Å². The maximum absolute atomic E-state index is 12.9. The molecule has 177 valence electrons. The summed E-state index contributed by atoms with van der Waals surface area (Å²) in [6.07, 6.45) is 6.83. The van der Waals surface area contributed by atoms with Crippen molar-refractivity contribution >= 4 is 62.7 Å². The van der Waals surface area contributed by atoms with E-state index in [-0.39, 0.29) is 57.1 Å². The average Bonchev–Trinajstić information content (AvgIpc) is 3.15. The van der Waals surface area contributed by atoms with E-state index in [1.165, 1.54) is 12.8 Å². The molecule has 0 N–H and O–H groups in total. The molecule has 1 radical (unpaired) electrons. The number of hydrogen-bond donors (Lipinski definition) is 0. The van der Waals surface area contributed by atoms with E-state index >= 15 is 0 Å². The van der Waals surface area contributed by atoms with Crippen LogP contribution in [0.5, 0.6) is 5.75 Å². The number of pyridine rings is 2. The number of imidazole rings is 1. The molecular weight excluding hydrogens is 473 g/mol. The number of para-hydroxylation sites is 1. The largest absolute Gasteiger partial charge is 0.435 e. The molecule has 0 spiro atoms. The fourth-order valence-electron chi connectivity index (χ4n) is 4.63. The Hall–Kier alpha value is -1.84. The molecular formula is C27H28F2KN4O. The summed E-state index contributed by atoms with van der Waals surface area (Å²) in [7, 11) is 0. The van der Waals surface area contributed by atoms with Gasteiger partial charge in [0.2, 0.25) is 0 Å². The SMILES string of the molecule is Cc1nc2ccc(-c3ccc(N4CCC(C)CC4)cn3)cn2c1Cc1ccccc1OC(F)F.[K]. The molecule has 4 heterocycles. The van der Waals surface area contributed by atoms with Crippen LogP contribution in [-0.2, 0) is 6.42 Å². The summed E-state index contributed by atoms with van der Waals surface area (Å²) in [5.41, 5.74) is 6.30. The molecule has 1 aromatic carbocycles. The van der Waals surface area contributed by atoms with Crippen molar-refractivity contribution in [3.8, 4) is 17.0 Å². The second-order valence-electron chi connectivity index (χ2n) is 9.02. The number of halogens is 2. The second kappa shape index (κ2) is 11.5. The van der Waals surface area contributed by atoms with Crippen LogP contribution >= 0.6 is 0 Å². The van der Waals surface area contributed by atoms with E-state index in [9.17, 15) is 8.78 Å². The van der Waals surface area contributed by atoms with Crippen molar-refractivity contribution in [2.24, 2.45) is 5.92 Å². The van der Waals surface area contributed by atoms with Gasteiger partial charge in [-0.2, -0.15) is 8.78 Å². The Morgan fingerprint density at radius 1 is 1.06 bits per heavy atom. The number of hydrogen-bond acceptors (Lipinski definition) is 4. The van der Waals surface area contributed by atoms with Crippen LogP contribution < -0.4 is 9.64 Å². The molecule has 5 rings (SSSR count). The molecule has 8 heteroatoms. The Morgan fingerprint density at radius 2 is 1.83 bits per heavy atom. The third kappa shape index (κ3) is 5.94. The Morgan fingerprint density at radius 3 is 2.54 bits per heavy atom. The summed E-state index contributed by atoms with van der Waals surface area (Å²) in [4.78, 5) is 11.8. The minimum atomic E-state index is -2.86. The van der Waals surface area contributed by atoms with Gasteiger partial charge in [-0.1, -0.05) is 25.1 Å². The first-order valence-corrected chi connectivity index (χ1v) is 11.7. The van der Waals surface area contributed by atoms with E-state index in [1.54, 1.807) is 12.1 Å². The van der Waals surface area contributed by atoms with Crippen LogP contribution in [0, 0.1) is 12.8 Å². The summed E-state index contributed by atoms with van der Waals surface area (Å²) in [6.45, 7) is 3.53. The van der Waals surface area contributed by atoms with Crippen molar-refractivity contribution in [3.05, 3.63) is 77.9 Å². The number of rotatable bonds is 6. The Balaban J connectivity index is 0.00000289. The zero-order chi connectivity index (χ0) is 23.7. The monoisotopic (exact) mass is 501 g/mol. The quantitative estimate of drug-likeness (QED) is 0.316. The number of anilines is 1. The first kappa shape index (κ1) is 26.2. The predicted molar refractivity (Wildman–Crippen MR) is 135 cm³/mol. The molecule has 0 aliphatic carbocycles. The zero-order valence-corrected chi connectivity index (χ0v) is 23.5. The predicted octanol–water partition coefficient (Wildman–Crippen LogP) is 5.75. The van der Waals surface area contributed by atoms with E-state index in [4.69, 9.17) is 9.72 Å². The molecule has 5 nitrogen and oxygen atoms in total. The van der Waals surface area contributed by atoms with Gasteiger partial charge in [-0.3, -0.25) is 4.98 Å². The smallest absolute Gasteiger partial charge is 0.387 e. The van der Waals surface area contributed by atoms with Crippen molar-refractivity contribution in [2.45, 2.75) is 39.7 Å². The number of fused-ring (bicyclic) bond motifs is 1. The summed E-state index contributed by atoms with van der Waals surface area (Å²) in [6, 6.07) is 15.1. The van der Waals surface area contributed by atoms with E-state index < -0.39 is 6.61 Å². The molecule has 0 amide bonds. The third-order valence-electron chi connectivity index (χ3n) is 6.66. The molecule has 1 aliphatic heterocycles. The average molecular weight is 502 g/mol. The van der Waals surface area contributed by atoms with Gasteiger partial charge in [0.1, 0.15) is 11.4 Å². The topological polar surface area (TPSA) is 42.7 Å². The van der Waals surface area contributed by atoms with Crippen LogP contribution in [0.3, 0.4) is 0 Å². The van der Waals surface area contributed by atoms with Crippen molar-refractivity contribution < 1.29 is 13.5 Å². The fraction of sp³-hybridized carbons (Fsp3) is 0.333. The number of alkyl halides is 2. The van der Waals surface area contributed by atoms with Gasteiger partial charge in [-0.15, -0.1) is 0 Å². The maximum Gasteiger partial charge on any atom is 0.387 e. The van der Waals surface area contributed by atoms with Gasteiger partial charge in [0.05, 0.1) is 23.3 Å². The van der Waals surface area contributed by atoms with Crippen LogP contribution in [0.2, 0.25) is 0 Å². The molecule has 4 aromatic rings. The van der Waals surface area contributed by atoms with Gasteiger partial charge < -0.3 is 14.0 Å². The third-order valence-corrected chi connectivity index (χ3v) is 6.66. The summed E-state index contributed by atoms with van der Waals surface area (Å²) < 4.78 is 32.5. The summed E-state index contributed by atoms with van der Waals surface area (Å²) >= 11 is 0. The molecule has 1 fully saturated rings. The fourth-order valence-corrected chi connectivity index (χ4v) is 4.63. The molecule has 0 bridgehead atoms. The van der Waals surface area contributed by atoms with Crippen LogP contribution in [0.25, 0.3) is 16.9 Å². The van der Waals surface area contributed by atoms with Crippen LogP contribution in [0.15, 0.2) is 60.9 Å². The van der Waals surface area contributed by atoms with E-state index in [0.29, 0.717) is 12.0 Å². The zero-order valence-electron chi connectivity index (χ0n) is 20.4.